The van der Waals surface area contributed by atoms with Crippen molar-refractivity contribution < 1.29 is 33.3 Å². The average molecular weight is 606 g/mol. The molecule has 0 bridgehead atoms. The third-order valence-electron chi connectivity index (χ3n) is 7.23. The second-order valence-corrected chi connectivity index (χ2v) is 11.5. The number of carbonyl (C=O) groups is 4. The number of alkyl carbamates (subject to hydrolysis) is 1. The zero-order valence-electron chi connectivity index (χ0n) is 25.6. The monoisotopic (exact) mass is 605 g/mol. The van der Waals surface area contributed by atoms with Gasteiger partial charge < -0.3 is 0 Å². The molecule has 4 atom stereocenters. The van der Waals surface area contributed by atoms with Gasteiger partial charge >= 0.3 is 229 Å². The summed E-state index contributed by atoms with van der Waals surface area (Å²) in [6, 6.07) is 12.0. The van der Waals surface area contributed by atoms with Crippen LogP contribution in [0.1, 0.15) is 64.9 Å². The zero-order valence-corrected chi connectivity index (χ0v) is 25.6. The van der Waals surface area contributed by atoms with E-state index in [0.29, 0.717) is 32.1 Å². The molecule has 1 saturated heterocycles. The fraction of sp³-hybridized carbons (Fsp3) is 0.484. The number of nitrogens with zero attached hydrogens (tertiary/aromatic N) is 1. The van der Waals surface area contributed by atoms with Gasteiger partial charge in [0.05, 0.1) is 0 Å². The topological polar surface area (TPSA) is 168 Å². The molecule has 3 amide bonds. The van der Waals surface area contributed by atoms with Gasteiger partial charge in [-0.25, -0.2) is 0 Å². The van der Waals surface area contributed by atoms with E-state index in [1.165, 1.54) is 6.26 Å². The van der Waals surface area contributed by atoms with Crippen molar-refractivity contribution in [2.24, 2.45) is 5.92 Å². The van der Waals surface area contributed by atoms with Gasteiger partial charge in [-0.3, -0.25) is 0 Å². The van der Waals surface area contributed by atoms with Crippen LogP contribution in [0.5, 0.6) is 0 Å². The van der Waals surface area contributed by atoms with Gasteiger partial charge in [0.25, 0.3) is 0 Å². The van der Waals surface area contributed by atoms with Gasteiger partial charge in [-0.05, 0) is 5.39 Å². The van der Waals surface area contributed by atoms with Gasteiger partial charge in [-0.1, -0.05) is 24.3 Å². The first-order valence-corrected chi connectivity index (χ1v) is 14.7. The fourth-order valence-electron chi connectivity index (χ4n) is 5.34. The number of hydrogen-bond donors (Lipinski definition) is 4. The zero-order chi connectivity index (χ0) is 32.1. The number of rotatable bonds is 11. The van der Waals surface area contributed by atoms with Crippen LogP contribution < -0.4 is 21.3 Å². The first-order valence-electron chi connectivity index (χ1n) is 14.7. The summed E-state index contributed by atoms with van der Waals surface area (Å²) in [6.07, 6.45) is 3.46. The van der Waals surface area contributed by atoms with Crippen molar-refractivity contribution >= 4 is 48.0 Å². The minimum atomic E-state index is -0.975. The molecular formula is C31H40BN5O7. The first-order chi connectivity index (χ1) is 21.1. The number of carbonyl (C=O) groups excluding carboxylic acids is 4. The minimum absolute atomic E-state index is 0.0900. The number of ether oxygens (including phenoxy) is 2. The number of nitriles is 1. The van der Waals surface area contributed by atoms with Crippen LogP contribution in [0, 0.1) is 17.4 Å². The van der Waals surface area contributed by atoms with E-state index < -0.39 is 35.7 Å². The summed E-state index contributed by atoms with van der Waals surface area (Å²) < 4.78 is 15.3. The molecule has 44 heavy (non-hydrogen) atoms. The number of hydrogen-bond acceptors (Lipinski definition) is 9. The van der Waals surface area contributed by atoms with Gasteiger partial charge in [0.2, 0.25) is 0 Å². The van der Waals surface area contributed by atoms with Gasteiger partial charge in [0, 0.05) is 0 Å². The van der Waals surface area contributed by atoms with Gasteiger partial charge in [0.15, 0.2) is 0 Å². The molecule has 2 aromatic rings. The van der Waals surface area contributed by atoms with E-state index in [1.807, 2.05) is 42.5 Å². The van der Waals surface area contributed by atoms with E-state index in [9.17, 15) is 19.2 Å². The van der Waals surface area contributed by atoms with Crippen molar-refractivity contribution in [3.05, 3.63) is 48.0 Å². The summed E-state index contributed by atoms with van der Waals surface area (Å²) >= 11 is 0. The Balaban J connectivity index is 1.82. The van der Waals surface area contributed by atoms with Crippen molar-refractivity contribution in [2.45, 2.75) is 77.0 Å². The van der Waals surface area contributed by atoms with E-state index in [-0.39, 0.29) is 30.7 Å². The molecule has 0 spiro atoms. The predicted molar refractivity (Wildman–Crippen MR) is 165 cm³/mol. The number of nitrogens with one attached hydrogen (secondary N) is 4. The van der Waals surface area contributed by atoms with Gasteiger partial charge in [0.1, 0.15) is 0 Å². The molecule has 1 aliphatic heterocycles. The molecule has 234 valence electrons. The molecule has 1 heterocycles. The quantitative estimate of drug-likeness (QED) is 0.130. The van der Waals surface area contributed by atoms with Crippen LogP contribution in [0.2, 0.25) is 0 Å². The van der Waals surface area contributed by atoms with Crippen LogP contribution in [0.3, 0.4) is 0 Å². The van der Waals surface area contributed by atoms with Crippen LogP contribution in [0.4, 0.5) is 4.79 Å². The van der Waals surface area contributed by atoms with Crippen molar-refractivity contribution in [1.29, 1.82) is 5.26 Å². The Morgan fingerprint density at radius 2 is 1.91 bits per heavy atom. The maximum absolute atomic E-state index is 13.7. The van der Waals surface area contributed by atoms with Crippen molar-refractivity contribution in [3.8, 4) is 6.26 Å². The molecule has 4 unspecified atom stereocenters. The van der Waals surface area contributed by atoms with Crippen molar-refractivity contribution in [3.63, 3.8) is 0 Å². The molecule has 0 saturated carbocycles. The third kappa shape index (κ3) is 10.0. The Bertz CT molecular complexity index is 1390. The number of esters is 1. The van der Waals surface area contributed by atoms with Gasteiger partial charge in [-0.15, -0.1) is 0 Å². The fourth-order valence-corrected chi connectivity index (χ4v) is 5.34. The normalized spacial score (nSPS) is 20.7. The number of amides is 3. The molecule has 1 aliphatic rings. The van der Waals surface area contributed by atoms with Crippen LogP contribution in [-0.4, -0.2) is 68.1 Å². The maximum atomic E-state index is 13.7. The first kappa shape index (κ1) is 33.9. The standard InChI is InChI=1S/C31H40BN5O7/c1-5-42-28(40)25-21(15-16-34-29(32-43-18-33)37-30(41)44-31(2,3)4)11-8-12-24(26(35-19-38)27(39)36-25)23-14-13-20-9-6-7-10-22(20)17-23/h6-7,9-10,13-14,17,19,21,24-26,34H,5,8,11-12,15-16H2,1-4H3,(H,35,38)(H,36,39)(H,37,41). The molecule has 4 N–H and O–H groups in total. The molecule has 13 heteroatoms. The Labute approximate surface area is 258 Å². The second kappa shape index (κ2) is 16.3. The predicted octanol–water partition coefficient (Wildman–Crippen LogP) is 2.59. The second-order valence-electron chi connectivity index (χ2n) is 11.5. The molecule has 3 rings (SSSR count). The van der Waals surface area contributed by atoms with Crippen LogP contribution in [-0.2, 0) is 28.5 Å². The average Bonchev–Trinajstić information content (AvgIpc) is 3.03. The Kier molecular flexibility index (Phi) is 12.6. The summed E-state index contributed by atoms with van der Waals surface area (Å²) in [5, 5.41) is 22.0. The molecule has 0 aliphatic carbocycles. The van der Waals surface area contributed by atoms with Crippen LogP contribution in [0.15, 0.2) is 42.5 Å². The molecule has 1 fully saturated rings. The SMILES string of the molecule is CCOC(=O)C1NC(=O)C(NC=O)C(c2ccc3ccccc3c2)CCCC1CCNC(=BOC#N)NC(=O)OC(C)(C)C. The molecule has 2 aromatic carbocycles. The Morgan fingerprint density at radius 3 is 2.59 bits per heavy atom. The molecule has 0 radical (unpaired) electrons. The van der Waals surface area contributed by atoms with Crippen molar-refractivity contribution in [2.75, 3.05) is 13.2 Å². The number of benzene rings is 2. The van der Waals surface area contributed by atoms with E-state index in [2.05, 4.69) is 25.9 Å². The number of fused-ring (bicyclic) bond motifs is 1. The van der Waals surface area contributed by atoms with E-state index in [4.69, 9.17) is 14.7 Å². The summed E-state index contributed by atoms with van der Waals surface area (Å²) in [6.45, 7) is 7.22. The molecule has 0 aromatic heterocycles. The molecule has 12 nitrogen and oxygen atoms in total. The van der Waals surface area contributed by atoms with Gasteiger partial charge in [-0.2, -0.15) is 0 Å². The Morgan fingerprint density at radius 1 is 1.16 bits per heavy atom. The van der Waals surface area contributed by atoms with E-state index in [1.54, 1.807) is 27.7 Å². The van der Waals surface area contributed by atoms with Crippen LogP contribution in [0.25, 0.3) is 10.8 Å². The van der Waals surface area contributed by atoms with Crippen molar-refractivity contribution in [1.82, 2.24) is 21.3 Å². The Hall–Kier alpha value is -4.60. The summed E-state index contributed by atoms with van der Waals surface area (Å²) in [5.74, 6) is -1.74. The third-order valence-corrected chi connectivity index (χ3v) is 7.23. The summed E-state index contributed by atoms with van der Waals surface area (Å²) in [4.78, 5) is 50.7. The van der Waals surface area contributed by atoms with E-state index >= 15 is 0 Å². The summed E-state index contributed by atoms with van der Waals surface area (Å²) in [7, 11) is 1.04. The van der Waals surface area contributed by atoms with Crippen LogP contribution >= 0.6 is 0 Å². The summed E-state index contributed by atoms with van der Waals surface area (Å²) in [5.41, 5.74) is 0.258. The van der Waals surface area contributed by atoms with E-state index in [0.717, 1.165) is 23.5 Å². The molecular weight excluding hydrogens is 565 g/mol.